The molecule has 9 aromatic rings. The van der Waals surface area contributed by atoms with Crippen LogP contribution in [-0.4, -0.2) is 6.71 Å². The van der Waals surface area contributed by atoms with E-state index in [4.69, 9.17) is 4.74 Å². The lowest BCUT2D eigenvalue weighted by Gasteiger charge is -2.51. The van der Waals surface area contributed by atoms with Crippen LogP contribution in [0.25, 0.3) is 33.4 Å². The summed E-state index contributed by atoms with van der Waals surface area (Å²) in [5.41, 5.74) is 26.6. The average Bonchev–Trinajstić information content (AvgIpc) is 0.691. The molecule has 0 unspecified atom stereocenters. The Morgan fingerprint density at radius 1 is 0.305 bits per heavy atom. The van der Waals surface area contributed by atoms with Crippen molar-refractivity contribution >= 4 is 40.2 Å². The monoisotopic (exact) mass is 1070 g/mol. The largest absolute Gasteiger partial charge is 0.457 e. The molecule has 0 fully saturated rings. The lowest BCUT2D eigenvalue weighted by molar-refractivity contribution is 0.435. The van der Waals surface area contributed by atoms with Crippen LogP contribution < -0.4 is 26.0 Å². The first kappa shape index (κ1) is 55.2. The highest BCUT2D eigenvalue weighted by molar-refractivity contribution is 6.99. The number of nitrogens with zero attached hydrogens (tertiary/aromatic N) is 1. The van der Waals surface area contributed by atoms with Gasteiger partial charge < -0.3 is 9.64 Å². The molecule has 3 aliphatic rings. The Morgan fingerprint density at radius 2 is 0.756 bits per heavy atom. The van der Waals surface area contributed by atoms with Crippen LogP contribution in [0, 0.1) is 0 Å². The van der Waals surface area contributed by atoms with Gasteiger partial charge in [0.25, 0.3) is 0 Å². The highest BCUT2D eigenvalue weighted by Crippen LogP contribution is 2.58. The zero-order chi connectivity index (χ0) is 58.4. The maximum atomic E-state index is 7.10. The summed E-state index contributed by atoms with van der Waals surface area (Å²) in [6, 6.07) is 71.2. The maximum Gasteiger partial charge on any atom is 0.247 e. The van der Waals surface area contributed by atoms with Crippen LogP contribution in [0.1, 0.15) is 180 Å². The SMILES string of the molecule is CC(C)(C)c1cc(-c2ccc3c(c2)N(c2ccc(C(C)(C)C)cc2-c2ccccc2)c2cc(C(C)(C)C)cc4c2B3c2ccc(-c3cc(C(C)(C)C)cc(C(C)(C)C)c3)cc2C42c3ccccc3Oc3ccccc32)cc(C(C)(C)C)c1. The number of para-hydroxylation sites is 2. The molecule has 3 heteroatoms. The van der Waals surface area contributed by atoms with E-state index in [-0.39, 0.29) is 39.2 Å². The quantitative estimate of drug-likeness (QED) is 0.163. The molecule has 1 spiro atoms. The molecular formula is C79H84BNO. The molecule has 0 radical (unpaired) electrons. The molecule has 9 aromatic carbocycles. The number of fused-ring (bicyclic) bond motifs is 10. The second-order valence-electron chi connectivity index (χ2n) is 30.3. The number of hydrogen-bond donors (Lipinski definition) is 0. The molecule has 12 rings (SSSR count). The Kier molecular flexibility index (Phi) is 12.7. The van der Waals surface area contributed by atoms with Crippen molar-refractivity contribution in [3.8, 4) is 44.9 Å². The summed E-state index contributed by atoms with van der Waals surface area (Å²) in [6.45, 7) is 42.2. The summed E-state index contributed by atoms with van der Waals surface area (Å²) in [7, 11) is 0. The van der Waals surface area contributed by atoms with Crippen LogP contribution in [0.3, 0.4) is 0 Å². The van der Waals surface area contributed by atoms with E-state index in [0.717, 1.165) is 11.5 Å². The molecule has 0 bridgehead atoms. The summed E-state index contributed by atoms with van der Waals surface area (Å²) < 4.78 is 7.10. The van der Waals surface area contributed by atoms with Crippen LogP contribution in [0.5, 0.6) is 11.5 Å². The van der Waals surface area contributed by atoms with E-state index in [1.165, 1.54) is 122 Å². The first-order chi connectivity index (χ1) is 38.4. The van der Waals surface area contributed by atoms with E-state index < -0.39 is 5.41 Å². The summed E-state index contributed by atoms with van der Waals surface area (Å²) in [6.07, 6.45) is 0. The second kappa shape index (κ2) is 18.8. The van der Waals surface area contributed by atoms with Gasteiger partial charge in [0.1, 0.15) is 11.5 Å². The van der Waals surface area contributed by atoms with Crippen LogP contribution in [-0.2, 0) is 37.9 Å². The third-order valence-corrected chi connectivity index (χ3v) is 18.3. The summed E-state index contributed by atoms with van der Waals surface area (Å²) >= 11 is 0. The molecule has 0 saturated heterocycles. The highest BCUT2D eigenvalue weighted by atomic mass is 16.5. The Bertz CT molecular complexity index is 3910. The van der Waals surface area contributed by atoms with Crippen molar-refractivity contribution in [3.63, 3.8) is 0 Å². The van der Waals surface area contributed by atoms with E-state index in [0.29, 0.717) is 0 Å². The Labute approximate surface area is 492 Å². The van der Waals surface area contributed by atoms with Gasteiger partial charge in [-0.2, -0.15) is 0 Å². The Hall–Kier alpha value is -7.36. The van der Waals surface area contributed by atoms with Crippen molar-refractivity contribution in [3.05, 3.63) is 238 Å². The minimum atomic E-state index is -0.772. The van der Waals surface area contributed by atoms with E-state index in [2.05, 4.69) is 312 Å². The number of benzene rings is 9. The van der Waals surface area contributed by atoms with Gasteiger partial charge in [-0.25, -0.2) is 0 Å². The van der Waals surface area contributed by atoms with E-state index in [9.17, 15) is 0 Å². The number of hydrogen-bond acceptors (Lipinski definition) is 2. The summed E-state index contributed by atoms with van der Waals surface area (Å²) in [5, 5.41) is 0. The van der Waals surface area contributed by atoms with Gasteiger partial charge in [-0.3, -0.25) is 0 Å². The smallest absolute Gasteiger partial charge is 0.247 e. The highest BCUT2D eigenvalue weighted by Gasteiger charge is 2.55. The third kappa shape index (κ3) is 9.17. The van der Waals surface area contributed by atoms with Crippen LogP contribution in [0.4, 0.5) is 17.1 Å². The van der Waals surface area contributed by atoms with E-state index >= 15 is 0 Å². The molecule has 0 N–H and O–H groups in total. The number of anilines is 3. The Balaban J connectivity index is 1.26. The topological polar surface area (TPSA) is 12.5 Å². The van der Waals surface area contributed by atoms with Gasteiger partial charge >= 0.3 is 0 Å². The minimum Gasteiger partial charge on any atom is -0.457 e. The van der Waals surface area contributed by atoms with Crippen molar-refractivity contribution in [1.29, 1.82) is 0 Å². The first-order valence-corrected chi connectivity index (χ1v) is 30.1. The minimum absolute atomic E-state index is 0.0429. The summed E-state index contributed by atoms with van der Waals surface area (Å²) in [4.78, 5) is 2.69. The lowest BCUT2D eigenvalue weighted by Crippen LogP contribution is -2.65. The van der Waals surface area contributed by atoms with Gasteiger partial charge in [0.2, 0.25) is 6.71 Å². The fraction of sp³-hybridized carbons (Fsp3) is 0.316. The lowest BCUT2D eigenvalue weighted by atomic mass is 9.29. The van der Waals surface area contributed by atoms with E-state index in [1.54, 1.807) is 0 Å². The van der Waals surface area contributed by atoms with Crippen LogP contribution in [0.2, 0.25) is 0 Å². The number of ether oxygens (including phenoxy) is 1. The summed E-state index contributed by atoms with van der Waals surface area (Å²) in [5.74, 6) is 1.79. The van der Waals surface area contributed by atoms with Crippen molar-refractivity contribution in [2.45, 2.75) is 163 Å². The number of rotatable bonds is 4. The van der Waals surface area contributed by atoms with Crippen molar-refractivity contribution in [1.82, 2.24) is 0 Å². The molecule has 3 aliphatic heterocycles. The van der Waals surface area contributed by atoms with Crippen molar-refractivity contribution in [2.24, 2.45) is 0 Å². The second-order valence-corrected chi connectivity index (χ2v) is 30.3. The van der Waals surface area contributed by atoms with E-state index in [1.807, 2.05) is 0 Å². The molecule has 82 heavy (non-hydrogen) atoms. The van der Waals surface area contributed by atoms with Gasteiger partial charge in [-0.15, -0.1) is 0 Å². The molecule has 0 atom stereocenters. The maximum absolute atomic E-state index is 7.10. The fourth-order valence-electron chi connectivity index (χ4n) is 13.3. The van der Waals surface area contributed by atoms with Gasteiger partial charge in [0, 0.05) is 28.1 Å². The van der Waals surface area contributed by atoms with Gasteiger partial charge in [-0.05, 0) is 152 Å². The van der Waals surface area contributed by atoms with Crippen LogP contribution in [0.15, 0.2) is 182 Å². The molecule has 3 heterocycles. The average molecular weight is 1070 g/mol. The molecule has 0 amide bonds. The first-order valence-electron chi connectivity index (χ1n) is 30.1. The molecule has 2 nitrogen and oxygen atoms in total. The van der Waals surface area contributed by atoms with Gasteiger partial charge in [0.15, 0.2) is 0 Å². The van der Waals surface area contributed by atoms with Crippen LogP contribution >= 0.6 is 0 Å². The Morgan fingerprint density at radius 3 is 1.26 bits per heavy atom. The van der Waals surface area contributed by atoms with Crippen molar-refractivity contribution in [2.75, 3.05) is 4.90 Å². The van der Waals surface area contributed by atoms with Gasteiger partial charge in [0.05, 0.1) is 11.1 Å². The standard InChI is InChI=1S/C79H84BNO/c1-73(2,3)54-34-37-67(60(46-54)49-26-20-19-21-27-49)81-68-43-51(53-40-57(76(10,11)12)45-58(41-53)77(13,14)15)33-36-66(68)80-65-35-32-50(52-38-55(74(4,5)6)44-56(39-52)75(7,8)9)42-63(65)79(64-47-59(78(16,17)18)48-69(81)72(64)80)61-28-22-24-30-70(61)82-71-31-25-23-29-62(71)79/h19-48H,1-18H3. The molecule has 0 aliphatic carbocycles. The fourth-order valence-corrected chi connectivity index (χ4v) is 13.3. The molecule has 0 saturated carbocycles. The zero-order valence-corrected chi connectivity index (χ0v) is 52.3. The van der Waals surface area contributed by atoms with Crippen molar-refractivity contribution < 1.29 is 4.74 Å². The zero-order valence-electron chi connectivity index (χ0n) is 52.3. The normalized spacial score (nSPS) is 14.6. The van der Waals surface area contributed by atoms with Gasteiger partial charge in [-0.1, -0.05) is 276 Å². The third-order valence-electron chi connectivity index (χ3n) is 18.3. The molecular weight excluding hydrogens is 990 g/mol. The molecule has 414 valence electrons. The predicted octanol–water partition coefficient (Wildman–Crippen LogP) is 19.6. The predicted molar refractivity (Wildman–Crippen MR) is 353 cm³/mol. The molecule has 0 aromatic heterocycles.